The molecule has 0 aliphatic carbocycles. The normalized spacial score (nSPS) is 15.9. The van der Waals surface area contributed by atoms with Gasteiger partial charge in [0.25, 0.3) is 5.91 Å². The molecule has 1 aromatic carbocycles. The van der Waals surface area contributed by atoms with Crippen molar-refractivity contribution in [2.24, 2.45) is 5.41 Å². The molecule has 1 saturated heterocycles. The highest BCUT2D eigenvalue weighted by molar-refractivity contribution is 5.92. The summed E-state index contributed by atoms with van der Waals surface area (Å²) >= 11 is 0. The summed E-state index contributed by atoms with van der Waals surface area (Å²) in [5.74, 6) is -0.820. The fourth-order valence-corrected chi connectivity index (χ4v) is 3.58. The second-order valence-electron chi connectivity index (χ2n) is 7.14. The third kappa shape index (κ3) is 4.35. The second kappa shape index (κ2) is 8.46. The Kier molecular flexibility index (Phi) is 6.02. The van der Waals surface area contributed by atoms with Crippen molar-refractivity contribution >= 4 is 11.9 Å². The monoisotopic (exact) mass is 385 g/mol. The van der Waals surface area contributed by atoms with Gasteiger partial charge in [-0.05, 0) is 50.8 Å². The number of esters is 1. The van der Waals surface area contributed by atoms with E-state index in [0.717, 1.165) is 11.3 Å². The first-order valence-electron chi connectivity index (χ1n) is 9.43. The van der Waals surface area contributed by atoms with Crippen LogP contribution in [0.15, 0.2) is 36.7 Å². The van der Waals surface area contributed by atoms with Gasteiger partial charge >= 0.3 is 5.97 Å². The van der Waals surface area contributed by atoms with E-state index in [1.54, 1.807) is 24.1 Å². The number of amides is 1. The second-order valence-corrected chi connectivity index (χ2v) is 7.14. The lowest BCUT2D eigenvalue weighted by Crippen LogP contribution is -2.48. The number of ether oxygens (including phenoxy) is 1. The highest BCUT2D eigenvalue weighted by atomic mass is 19.1. The SMILES string of the molecule is CCOC(=O)C1(Cc2cccc(F)c2)CCN(C(=O)c2cnc(C)cn2)CC1. The lowest BCUT2D eigenvalue weighted by atomic mass is 9.73. The van der Waals surface area contributed by atoms with E-state index in [9.17, 15) is 14.0 Å². The number of aromatic nitrogens is 2. The first kappa shape index (κ1) is 19.9. The Labute approximate surface area is 163 Å². The topological polar surface area (TPSA) is 72.4 Å². The van der Waals surface area contributed by atoms with E-state index in [1.165, 1.54) is 18.3 Å². The summed E-state index contributed by atoms with van der Waals surface area (Å²) in [6, 6.07) is 6.27. The zero-order valence-electron chi connectivity index (χ0n) is 16.2. The number of carbonyl (C=O) groups excluding carboxylic acids is 2. The molecule has 1 aliphatic rings. The molecule has 0 bridgehead atoms. The van der Waals surface area contributed by atoms with E-state index < -0.39 is 5.41 Å². The molecule has 1 fully saturated rings. The Morgan fingerprint density at radius 3 is 2.57 bits per heavy atom. The fourth-order valence-electron chi connectivity index (χ4n) is 3.58. The van der Waals surface area contributed by atoms with Crippen LogP contribution in [0, 0.1) is 18.2 Å². The first-order chi connectivity index (χ1) is 13.4. The van der Waals surface area contributed by atoms with Crippen LogP contribution in [0.5, 0.6) is 0 Å². The molecule has 1 amide bonds. The minimum absolute atomic E-state index is 0.198. The van der Waals surface area contributed by atoms with Gasteiger partial charge in [0.15, 0.2) is 0 Å². The zero-order valence-corrected chi connectivity index (χ0v) is 16.2. The van der Waals surface area contributed by atoms with Gasteiger partial charge in [0.2, 0.25) is 0 Å². The van der Waals surface area contributed by atoms with Crippen molar-refractivity contribution in [1.29, 1.82) is 0 Å². The summed E-state index contributed by atoms with van der Waals surface area (Å²) in [5, 5.41) is 0. The number of rotatable bonds is 5. The smallest absolute Gasteiger partial charge is 0.312 e. The number of hydrogen-bond acceptors (Lipinski definition) is 5. The van der Waals surface area contributed by atoms with Crippen molar-refractivity contribution in [1.82, 2.24) is 14.9 Å². The van der Waals surface area contributed by atoms with Crippen LogP contribution in [0.1, 0.15) is 41.5 Å². The number of carbonyl (C=O) groups is 2. The molecule has 2 aromatic rings. The number of piperidine rings is 1. The molecule has 1 aromatic heterocycles. The van der Waals surface area contributed by atoms with E-state index in [4.69, 9.17) is 4.74 Å². The van der Waals surface area contributed by atoms with Crippen LogP contribution >= 0.6 is 0 Å². The molecule has 7 heteroatoms. The van der Waals surface area contributed by atoms with Gasteiger partial charge in [0.1, 0.15) is 11.5 Å². The molecule has 6 nitrogen and oxygen atoms in total. The molecule has 0 radical (unpaired) electrons. The highest BCUT2D eigenvalue weighted by Crippen LogP contribution is 2.37. The minimum Gasteiger partial charge on any atom is -0.466 e. The molecular formula is C21H24FN3O3. The molecule has 0 spiro atoms. The molecule has 0 N–H and O–H groups in total. The number of benzene rings is 1. The molecule has 2 heterocycles. The van der Waals surface area contributed by atoms with Gasteiger partial charge in [0, 0.05) is 19.3 Å². The van der Waals surface area contributed by atoms with Gasteiger partial charge in [-0.2, -0.15) is 0 Å². The lowest BCUT2D eigenvalue weighted by Gasteiger charge is -2.40. The van der Waals surface area contributed by atoms with Crippen LogP contribution in [0.25, 0.3) is 0 Å². The summed E-state index contributed by atoms with van der Waals surface area (Å²) in [6.45, 7) is 4.67. The van der Waals surface area contributed by atoms with Gasteiger partial charge in [0.05, 0.1) is 23.9 Å². The van der Waals surface area contributed by atoms with Crippen molar-refractivity contribution in [3.8, 4) is 0 Å². The van der Waals surface area contributed by atoms with Crippen LogP contribution in [-0.2, 0) is 16.0 Å². The number of aryl methyl sites for hydroxylation is 1. The van der Waals surface area contributed by atoms with E-state index in [1.807, 2.05) is 13.0 Å². The summed E-state index contributed by atoms with van der Waals surface area (Å²) < 4.78 is 18.9. The number of likely N-dealkylation sites (tertiary alicyclic amines) is 1. The molecule has 0 saturated carbocycles. The van der Waals surface area contributed by atoms with Crippen LogP contribution in [0.2, 0.25) is 0 Å². The first-order valence-corrected chi connectivity index (χ1v) is 9.43. The van der Waals surface area contributed by atoms with Crippen molar-refractivity contribution in [3.63, 3.8) is 0 Å². The van der Waals surface area contributed by atoms with Gasteiger partial charge in [-0.1, -0.05) is 12.1 Å². The van der Waals surface area contributed by atoms with Crippen molar-refractivity contribution in [2.45, 2.75) is 33.1 Å². The van der Waals surface area contributed by atoms with E-state index in [0.29, 0.717) is 38.0 Å². The van der Waals surface area contributed by atoms with Crippen molar-refractivity contribution in [3.05, 3.63) is 59.4 Å². The van der Waals surface area contributed by atoms with Gasteiger partial charge in [-0.15, -0.1) is 0 Å². The maximum Gasteiger partial charge on any atom is 0.312 e. The fraction of sp³-hybridized carbons (Fsp3) is 0.429. The third-order valence-electron chi connectivity index (χ3n) is 5.15. The lowest BCUT2D eigenvalue weighted by molar-refractivity contribution is -0.158. The number of hydrogen-bond donors (Lipinski definition) is 0. The van der Waals surface area contributed by atoms with Gasteiger partial charge in [-0.3, -0.25) is 14.6 Å². The molecule has 28 heavy (non-hydrogen) atoms. The Bertz CT molecular complexity index is 846. The zero-order chi connectivity index (χ0) is 20.1. The summed E-state index contributed by atoms with van der Waals surface area (Å²) in [7, 11) is 0. The molecule has 0 atom stereocenters. The standard InChI is InChI=1S/C21H24FN3O3/c1-3-28-20(27)21(12-16-5-4-6-17(22)11-16)7-9-25(10-8-21)19(26)18-14-23-15(2)13-24-18/h4-6,11,13-14H,3,7-10,12H2,1-2H3. The average Bonchev–Trinajstić information content (AvgIpc) is 2.69. The van der Waals surface area contributed by atoms with E-state index >= 15 is 0 Å². The summed E-state index contributed by atoms with van der Waals surface area (Å²) in [4.78, 5) is 35.4. The number of halogens is 1. The van der Waals surface area contributed by atoms with Gasteiger partial charge in [-0.25, -0.2) is 9.37 Å². The Morgan fingerprint density at radius 2 is 1.96 bits per heavy atom. The number of nitrogens with zero attached hydrogens (tertiary/aromatic N) is 3. The van der Waals surface area contributed by atoms with Crippen LogP contribution in [0.4, 0.5) is 4.39 Å². The van der Waals surface area contributed by atoms with Gasteiger partial charge < -0.3 is 9.64 Å². The summed E-state index contributed by atoms with van der Waals surface area (Å²) in [6.07, 6.45) is 4.32. The van der Waals surface area contributed by atoms with E-state index in [2.05, 4.69) is 9.97 Å². The third-order valence-corrected chi connectivity index (χ3v) is 5.15. The average molecular weight is 385 g/mol. The largest absolute Gasteiger partial charge is 0.466 e. The highest BCUT2D eigenvalue weighted by Gasteiger charge is 2.43. The van der Waals surface area contributed by atoms with E-state index in [-0.39, 0.29) is 24.3 Å². The summed E-state index contributed by atoms with van der Waals surface area (Å²) in [5.41, 5.74) is 1.02. The molecule has 3 rings (SSSR count). The molecular weight excluding hydrogens is 361 g/mol. The van der Waals surface area contributed by atoms with Crippen LogP contribution in [-0.4, -0.2) is 46.4 Å². The predicted octanol–water partition coefficient (Wildman–Crippen LogP) is 2.95. The molecule has 148 valence electrons. The predicted molar refractivity (Wildman–Crippen MR) is 101 cm³/mol. The Morgan fingerprint density at radius 1 is 1.21 bits per heavy atom. The quantitative estimate of drug-likeness (QED) is 0.740. The Hall–Kier alpha value is -2.83. The molecule has 1 aliphatic heterocycles. The van der Waals surface area contributed by atoms with Crippen molar-refractivity contribution < 1.29 is 18.7 Å². The minimum atomic E-state index is -0.764. The Balaban J connectivity index is 1.75. The van der Waals surface area contributed by atoms with Crippen LogP contribution < -0.4 is 0 Å². The maximum atomic E-state index is 13.6. The maximum absolute atomic E-state index is 13.6. The van der Waals surface area contributed by atoms with Crippen LogP contribution in [0.3, 0.4) is 0 Å². The van der Waals surface area contributed by atoms with Crippen molar-refractivity contribution in [2.75, 3.05) is 19.7 Å². The molecule has 0 unspecified atom stereocenters.